The van der Waals surface area contributed by atoms with Crippen LogP contribution < -0.4 is 4.74 Å². The van der Waals surface area contributed by atoms with Gasteiger partial charge >= 0.3 is 0 Å². The summed E-state index contributed by atoms with van der Waals surface area (Å²) in [4.78, 5) is 0. The van der Waals surface area contributed by atoms with Crippen LogP contribution in [0.4, 0.5) is 0 Å². The zero-order valence-electron chi connectivity index (χ0n) is 15.8. The topological polar surface area (TPSA) is 29.5 Å². The molecular formula is C25H26O2. The van der Waals surface area contributed by atoms with Crippen LogP contribution in [0.3, 0.4) is 0 Å². The Morgan fingerprint density at radius 3 is 1.85 bits per heavy atom. The average molecular weight is 358 g/mol. The zero-order valence-corrected chi connectivity index (χ0v) is 15.8. The molecule has 2 heteroatoms. The van der Waals surface area contributed by atoms with Crippen LogP contribution in [0.25, 0.3) is 11.1 Å². The molecule has 2 nitrogen and oxygen atoms in total. The maximum atomic E-state index is 8.90. The van der Waals surface area contributed by atoms with Crippen molar-refractivity contribution >= 4 is 11.1 Å². The summed E-state index contributed by atoms with van der Waals surface area (Å²) in [6.45, 7) is 2.88. The summed E-state index contributed by atoms with van der Waals surface area (Å²) in [5, 5.41) is 8.90. The molecule has 0 saturated heterocycles. The number of ether oxygens (including phenoxy) is 1. The van der Waals surface area contributed by atoms with Gasteiger partial charge in [-0.15, -0.1) is 0 Å². The van der Waals surface area contributed by atoms with Crippen molar-refractivity contribution in [2.24, 2.45) is 0 Å². The van der Waals surface area contributed by atoms with E-state index in [0.29, 0.717) is 13.0 Å². The molecule has 138 valence electrons. The Kier molecular flexibility index (Phi) is 6.84. The van der Waals surface area contributed by atoms with E-state index < -0.39 is 0 Å². The lowest BCUT2D eigenvalue weighted by molar-refractivity contribution is 0.233. The molecule has 1 N–H and O–H groups in total. The van der Waals surface area contributed by atoms with E-state index in [4.69, 9.17) is 9.84 Å². The lowest BCUT2D eigenvalue weighted by atomic mass is 9.88. The van der Waals surface area contributed by atoms with E-state index >= 15 is 0 Å². The Bertz CT molecular complexity index is 850. The first-order valence-corrected chi connectivity index (χ1v) is 9.51. The number of benzene rings is 3. The lowest BCUT2D eigenvalue weighted by Gasteiger charge is -2.17. The molecule has 0 radical (unpaired) electrons. The molecule has 3 rings (SSSR count). The molecule has 3 aromatic rings. The standard InChI is InChI=1S/C25H26O2/c1-2-24(20-10-5-3-6-11-20)25(21-12-7-4-8-13-21)22-14-16-23(17-15-22)27-19-9-18-26/h3-8,10-17,26H,2,9,18-19H2,1H3/b25-24+. The van der Waals surface area contributed by atoms with Gasteiger partial charge in [0.1, 0.15) is 5.75 Å². The molecule has 0 aliphatic heterocycles. The van der Waals surface area contributed by atoms with Crippen molar-refractivity contribution in [2.45, 2.75) is 19.8 Å². The molecule has 0 unspecified atom stereocenters. The first-order chi connectivity index (χ1) is 13.3. The minimum atomic E-state index is 0.149. The number of hydrogen-bond acceptors (Lipinski definition) is 2. The second-order valence-electron chi connectivity index (χ2n) is 6.39. The van der Waals surface area contributed by atoms with Gasteiger partial charge in [0.25, 0.3) is 0 Å². The van der Waals surface area contributed by atoms with E-state index in [9.17, 15) is 0 Å². The highest BCUT2D eigenvalue weighted by molar-refractivity contribution is 5.98. The predicted octanol–water partition coefficient (Wildman–Crippen LogP) is 5.82. The SMILES string of the molecule is CC/C(=C(/c1ccccc1)c1ccc(OCCCO)cc1)c1ccccc1. The van der Waals surface area contributed by atoms with Gasteiger partial charge in [-0.2, -0.15) is 0 Å². The summed E-state index contributed by atoms with van der Waals surface area (Å²) in [5.74, 6) is 0.831. The van der Waals surface area contributed by atoms with Crippen molar-refractivity contribution < 1.29 is 9.84 Å². The van der Waals surface area contributed by atoms with E-state index in [0.717, 1.165) is 12.2 Å². The zero-order chi connectivity index (χ0) is 18.9. The summed E-state index contributed by atoms with van der Waals surface area (Å²) >= 11 is 0. The van der Waals surface area contributed by atoms with Gasteiger partial charge in [-0.1, -0.05) is 79.7 Å². The average Bonchev–Trinajstić information content (AvgIpc) is 2.74. The smallest absolute Gasteiger partial charge is 0.119 e. The molecule has 0 amide bonds. The second-order valence-corrected chi connectivity index (χ2v) is 6.39. The molecule has 0 saturated carbocycles. The monoisotopic (exact) mass is 358 g/mol. The molecule has 0 bridgehead atoms. The number of hydrogen-bond donors (Lipinski definition) is 1. The number of rotatable bonds is 8. The van der Waals surface area contributed by atoms with Crippen LogP contribution in [0, 0.1) is 0 Å². The summed E-state index contributed by atoms with van der Waals surface area (Å²) in [6.07, 6.45) is 1.59. The van der Waals surface area contributed by atoms with Crippen molar-refractivity contribution in [3.05, 3.63) is 102 Å². The molecule has 0 fully saturated rings. The number of allylic oxidation sites excluding steroid dienone is 1. The molecule has 0 aliphatic carbocycles. The van der Waals surface area contributed by atoms with Crippen molar-refractivity contribution in [1.82, 2.24) is 0 Å². The quantitative estimate of drug-likeness (QED) is 0.406. The normalized spacial score (nSPS) is 11.8. The summed E-state index contributed by atoms with van der Waals surface area (Å²) in [7, 11) is 0. The van der Waals surface area contributed by atoms with Crippen LogP contribution in [-0.4, -0.2) is 18.3 Å². The van der Waals surface area contributed by atoms with E-state index in [2.05, 4.69) is 73.7 Å². The number of aliphatic hydroxyl groups excluding tert-OH is 1. The van der Waals surface area contributed by atoms with Gasteiger partial charge in [0.15, 0.2) is 0 Å². The van der Waals surface area contributed by atoms with Crippen LogP contribution >= 0.6 is 0 Å². The van der Waals surface area contributed by atoms with Gasteiger partial charge in [0.2, 0.25) is 0 Å². The van der Waals surface area contributed by atoms with Gasteiger partial charge in [0.05, 0.1) is 6.61 Å². The Labute approximate surface area is 161 Å². The molecule has 0 heterocycles. The highest BCUT2D eigenvalue weighted by Crippen LogP contribution is 2.34. The highest BCUT2D eigenvalue weighted by atomic mass is 16.5. The van der Waals surface area contributed by atoms with Gasteiger partial charge in [-0.3, -0.25) is 0 Å². The molecule has 27 heavy (non-hydrogen) atoms. The molecule has 0 aliphatic rings. The highest BCUT2D eigenvalue weighted by Gasteiger charge is 2.12. The predicted molar refractivity (Wildman–Crippen MR) is 113 cm³/mol. The summed E-state index contributed by atoms with van der Waals surface area (Å²) in [5.41, 5.74) is 6.23. The van der Waals surface area contributed by atoms with Crippen molar-refractivity contribution in [1.29, 1.82) is 0 Å². The van der Waals surface area contributed by atoms with Crippen LogP contribution in [0.1, 0.15) is 36.5 Å². The van der Waals surface area contributed by atoms with Gasteiger partial charge in [0, 0.05) is 13.0 Å². The maximum absolute atomic E-state index is 8.90. The fourth-order valence-corrected chi connectivity index (χ4v) is 3.26. The minimum Gasteiger partial charge on any atom is -0.494 e. The van der Waals surface area contributed by atoms with Gasteiger partial charge < -0.3 is 9.84 Å². The van der Waals surface area contributed by atoms with Crippen LogP contribution in [0.15, 0.2) is 84.9 Å². The fourth-order valence-electron chi connectivity index (χ4n) is 3.26. The van der Waals surface area contributed by atoms with Crippen LogP contribution in [-0.2, 0) is 0 Å². The first-order valence-electron chi connectivity index (χ1n) is 9.51. The van der Waals surface area contributed by atoms with E-state index in [1.807, 2.05) is 18.2 Å². The Hall–Kier alpha value is -2.84. The first kappa shape index (κ1) is 18.9. The van der Waals surface area contributed by atoms with Crippen LogP contribution in [0.5, 0.6) is 5.75 Å². The summed E-state index contributed by atoms with van der Waals surface area (Å²) < 4.78 is 5.68. The lowest BCUT2D eigenvalue weighted by Crippen LogP contribution is -2.00. The Morgan fingerprint density at radius 1 is 0.741 bits per heavy atom. The largest absolute Gasteiger partial charge is 0.494 e. The molecule has 0 aromatic heterocycles. The second kappa shape index (κ2) is 9.75. The Balaban J connectivity index is 2.04. The fraction of sp³-hybridized carbons (Fsp3) is 0.200. The maximum Gasteiger partial charge on any atom is 0.119 e. The third-order valence-corrected chi connectivity index (χ3v) is 4.55. The van der Waals surface area contributed by atoms with Crippen molar-refractivity contribution in [3.8, 4) is 5.75 Å². The molecule has 0 spiro atoms. The van der Waals surface area contributed by atoms with Crippen molar-refractivity contribution in [3.63, 3.8) is 0 Å². The van der Waals surface area contributed by atoms with E-state index in [1.165, 1.54) is 27.8 Å². The Morgan fingerprint density at radius 2 is 1.30 bits per heavy atom. The van der Waals surface area contributed by atoms with Gasteiger partial charge in [-0.05, 0) is 46.4 Å². The van der Waals surface area contributed by atoms with Crippen molar-refractivity contribution in [2.75, 3.05) is 13.2 Å². The van der Waals surface area contributed by atoms with E-state index in [-0.39, 0.29) is 6.61 Å². The number of aliphatic hydroxyl groups is 1. The minimum absolute atomic E-state index is 0.149. The third-order valence-electron chi connectivity index (χ3n) is 4.55. The summed E-state index contributed by atoms with van der Waals surface area (Å²) in [6, 6.07) is 29.4. The van der Waals surface area contributed by atoms with Crippen LogP contribution in [0.2, 0.25) is 0 Å². The molecule has 3 aromatic carbocycles. The third kappa shape index (κ3) is 4.87. The molecule has 0 atom stereocenters. The van der Waals surface area contributed by atoms with Gasteiger partial charge in [-0.25, -0.2) is 0 Å². The van der Waals surface area contributed by atoms with E-state index in [1.54, 1.807) is 0 Å². The molecular weight excluding hydrogens is 332 g/mol.